The van der Waals surface area contributed by atoms with Crippen molar-refractivity contribution in [2.75, 3.05) is 13.2 Å². The molecular weight excluding hydrogens is 336 g/mol. The number of fused-ring (bicyclic) bond motifs is 1. The summed E-state index contributed by atoms with van der Waals surface area (Å²) in [6, 6.07) is 14.6. The molecule has 0 unspecified atom stereocenters. The van der Waals surface area contributed by atoms with Crippen LogP contribution in [0.2, 0.25) is 0 Å². The smallest absolute Gasteiger partial charge is 0.162 e. The third-order valence-electron chi connectivity index (χ3n) is 3.04. The van der Waals surface area contributed by atoms with Crippen LogP contribution in [0.25, 0.3) is 0 Å². The summed E-state index contributed by atoms with van der Waals surface area (Å²) in [5.74, 6) is 2.67. The minimum atomic E-state index is 0.730. The molecule has 0 bridgehead atoms. The summed E-state index contributed by atoms with van der Waals surface area (Å²) in [5.41, 5.74) is 1.31. The van der Waals surface area contributed by atoms with Crippen LogP contribution in [0.1, 0.15) is 12.0 Å². The molecule has 2 aromatic rings. The third kappa shape index (κ3) is 3.49. The van der Waals surface area contributed by atoms with E-state index >= 15 is 0 Å². The molecule has 0 saturated carbocycles. The molecule has 3 rings (SSSR count). The summed E-state index contributed by atoms with van der Waals surface area (Å²) in [5, 5.41) is 0. The van der Waals surface area contributed by atoms with Crippen molar-refractivity contribution in [1.82, 2.24) is 0 Å². The van der Waals surface area contributed by atoms with E-state index in [0.717, 1.165) is 41.4 Å². The molecule has 20 heavy (non-hydrogen) atoms. The summed E-state index contributed by atoms with van der Waals surface area (Å²) < 4.78 is 12.5. The Morgan fingerprint density at radius 1 is 0.950 bits per heavy atom. The average Bonchev–Trinajstić information content (AvgIpc) is 2.71. The van der Waals surface area contributed by atoms with Gasteiger partial charge < -0.3 is 9.47 Å². The highest BCUT2D eigenvalue weighted by Gasteiger charge is 2.10. The maximum atomic E-state index is 5.71. The van der Waals surface area contributed by atoms with E-state index in [1.165, 1.54) is 10.5 Å². The summed E-state index contributed by atoms with van der Waals surface area (Å²) in [4.78, 5) is 1.21. The van der Waals surface area contributed by atoms with Crippen LogP contribution >= 0.6 is 27.7 Å². The van der Waals surface area contributed by atoms with Crippen LogP contribution in [0.5, 0.6) is 11.5 Å². The molecule has 0 amide bonds. The normalized spacial score (nSPS) is 13.8. The highest BCUT2D eigenvalue weighted by Crippen LogP contribution is 2.34. The van der Waals surface area contributed by atoms with Crippen LogP contribution in [0.15, 0.2) is 51.8 Å². The second-order valence-electron chi connectivity index (χ2n) is 4.57. The Labute approximate surface area is 131 Å². The highest BCUT2D eigenvalue weighted by molar-refractivity contribution is 9.10. The van der Waals surface area contributed by atoms with Gasteiger partial charge in [-0.1, -0.05) is 28.1 Å². The van der Waals surface area contributed by atoms with Gasteiger partial charge in [0.05, 0.1) is 13.2 Å². The molecule has 2 aromatic carbocycles. The fourth-order valence-corrected chi connectivity index (χ4v) is 3.13. The van der Waals surface area contributed by atoms with Gasteiger partial charge in [-0.25, -0.2) is 0 Å². The number of thioether (sulfide) groups is 1. The van der Waals surface area contributed by atoms with Gasteiger partial charge in [-0.05, 0) is 35.9 Å². The average molecular weight is 351 g/mol. The number of hydrogen-bond acceptors (Lipinski definition) is 3. The van der Waals surface area contributed by atoms with Crippen molar-refractivity contribution in [3.05, 3.63) is 52.5 Å². The van der Waals surface area contributed by atoms with Crippen molar-refractivity contribution < 1.29 is 9.47 Å². The summed E-state index contributed by atoms with van der Waals surface area (Å²) in [6.45, 7) is 1.46. The molecule has 2 nitrogen and oxygen atoms in total. The van der Waals surface area contributed by atoms with E-state index in [-0.39, 0.29) is 0 Å². The molecule has 0 radical (unpaired) electrons. The predicted molar refractivity (Wildman–Crippen MR) is 85.8 cm³/mol. The maximum absolute atomic E-state index is 5.71. The Balaban J connectivity index is 1.68. The molecule has 0 fully saturated rings. The summed E-state index contributed by atoms with van der Waals surface area (Å²) >= 11 is 5.26. The van der Waals surface area contributed by atoms with Crippen LogP contribution in [-0.4, -0.2) is 13.2 Å². The molecule has 0 N–H and O–H groups in total. The van der Waals surface area contributed by atoms with Crippen LogP contribution in [-0.2, 0) is 5.75 Å². The van der Waals surface area contributed by atoms with Gasteiger partial charge in [0, 0.05) is 21.5 Å². The molecule has 1 aliphatic heterocycles. The summed E-state index contributed by atoms with van der Waals surface area (Å²) in [6.07, 6.45) is 0.941. The van der Waals surface area contributed by atoms with Crippen LogP contribution < -0.4 is 9.47 Å². The van der Waals surface area contributed by atoms with E-state index in [4.69, 9.17) is 9.47 Å². The van der Waals surface area contributed by atoms with Crippen molar-refractivity contribution in [3.8, 4) is 11.5 Å². The molecule has 0 atom stereocenters. The Hall–Kier alpha value is -1.13. The fourth-order valence-electron chi connectivity index (χ4n) is 1.98. The van der Waals surface area contributed by atoms with Gasteiger partial charge in [-0.15, -0.1) is 11.8 Å². The first-order valence-electron chi connectivity index (χ1n) is 6.58. The zero-order valence-electron chi connectivity index (χ0n) is 11.0. The monoisotopic (exact) mass is 350 g/mol. The molecule has 0 saturated heterocycles. The van der Waals surface area contributed by atoms with Crippen LogP contribution in [0, 0.1) is 0 Å². The molecule has 104 valence electrons. The lowest BCUT2D eigenvalue weighted by atomic mass is 10.2. The topological polar surface area (TPSA) is 18.5 Å². The molecular formula is C16H15BrO2S. The quantitative estimate of drug-likeness (QED) is 0.733. The van der Waals surface area contributed by atoms with Crippen molar-refractivity contribution in [2.45, 2.75) is 17.1 Å². The van der Waals surface area contributed by atoms with Gasteiger partial charge in [0.25, 0.3) is 0 Å². The first kappa shape index (κ1) is 13.8. The first-order valence-corrected chi connectivity index (χ1v) is 8.36. The van der Waals surface area contributed by atoms with Crippen molar-refractivity contribution in [1.29, 1.82) is 0 Å². The molecule has 0 aromatic heterocycles. The van der Waals surface area contributed by atoms with Gasteiger partial charge in [0.15, 0.2) is 11.5 Å². The number of benzene rings is 2. The Morgan fingerprint density at radius 2 is 1.70 bits per heavy atom. The zero-order valence-corrected chi connectivity index (χ0v) is 13.4. The van der Waals surface area contributed by atoms with E-state index in [9.17, 15) is 0 Å². The fraction of sp³-hybridized carbons (Fsp3) is 0.250. The Kier molecular flexibility index (Phi) is 4.53. The number of halogens is 1. The number of hydrogen-bond donors (Lipinski definition) is 0. The maximum Gasteiger partial charge on any atom is 0.162 e. The van der Waals surface area contributed by atoms with Crippen LogP contribution in [0.4, 0.5) is 0 Å². The summed E-state index contributed by atoms with van der Waals surface area (Å²) in [7, 11) is 0. The van der Waals surface area contributed by atoms with E-state index in [0.29, 0.717) is 0 Å². The first-order chi connectivity index (χ1) is 9.81. The van der Waals surface area contributed by atoms with Gasteiger partial charge >= 0.3 is 0 Å². The largest absolute Gasteiger partial charge is 0.490 e. The minimum Gasteiger partial charge on any atom is -0.490 e. The lowest BCUT2D eigenvalue weighted by Gasteiger charge is -2.09. The molecule has 1 aliphatic rings. The van der Waals surface area contributed by atoms with Crippen molar-refractivity contribution in [2.24, 2.45) is 0 Å². The van der Waals surface area contributed by atoms with Crippen molar-refractivity contribution in [3.63, 3.8) is 0 Å². The van der Waals surface area contributed by atoms with E-state index < -0.39 is 0 Å². The predicted octanol–water partition coefficient (Wildman–Crippen LogP) is 4.90. The lowest BCUT2D eigenvalue weighted by molar-refractivity contribution is 0.297. The van der Waals surface area contributed by atoms with Crippen LogP contribution in [0.3, 0.4) is 0 Å². The van der Waals surface area contributed by atoms with Gasteiger partial charge in [0.2, 0.25) is 0 Å². The van der Waals surface area contributed by atoms with Gasteiger partial charge in [-0.3, -0.25) is 0 Å². The minimum absolute atomic E-state index is 0.730. The molecule has 0 spiro atoms. The number of ether oxygens (including phenoxy) is 2. The SMILES string of the molecule is Brc1ccc(CSc2ccc3c(c2)OCCCO3)cc1. The second kappa shape index (κ2) is 6.55. The second-order valence-corrected chi connectivity index (χ2v) is 6.54. The van der Waals surface area contributed by atoms with E-state index in [2.05, 4.69) is 52.3 Å². The van der Waals surface area contributed by atoms with E-state index in [1.54, 1.807) is 0 Å². The molecule has 4 heteroatoms. The third-order valence-corrected chi connectivity index (χ3v) is 4.63. The molecule has 1 heterocycles. The lowest BCUT2D eigenvalue weighted by Crippen LogP contribution is -1.97. The Bertz CT molecular complexity index is 584. The molecule has 0 aliphatic carbocycles. The standard InChI is InChI=1S/C16H15BrO2S/c17-13-4-2-12(3-5-13)11-20-14-6-7-15-16(10-14)19-9-1-8-18-15/h2-7,10H,1,8-9,11H2. The highest BCUT2D eigenvalue weighted by atomic mass is 79.9. The van der Waals surface area contributed by atoms with Gasteiger partial charge in [0.1, 0.15) is 0 Å². The Morgan fingerprint density at radius 3 is 2.50 bits per heavy atom. The van der Waals surface area contributed by atoms with Crippen molar-refractivity contribution >= 4 is 27.7 Å². The number of rotatable bonds is 3. The zero-order chi connectivity index (χ0) is 13.8. The van der Waals surface area contributed by atoms with E-state index in [1.807, 2.05) is 17.8 Å². The van der Waals surface area contributed by atoms with Gasteiger partial charge in [-0.2, -0.15) is 0 Å².